The first-order chi connectivity index (χ1) is 37.1. The van der Waals surface area contributed by atoms with Gasteiger partial charge in [0.25, 0.3) is 0 Å². The normalized spacial score (nSPS) is 25.8. The molecule has 0 aliphatic carbocycles. The van der Waals surface area contributed by atoms with Crippen molar-refractivity contribution < 1.29 is 64.6 Å². The molecule has 0 saturated carbocycles. The Bertz CT molecular complexity index is 1730. The van der Waals surface area contributed by atoms with Crippen LogP contribution in [0.4, 0.5) is 0 Å². The lowest BCUT2D eigenvalue weighted by Gasteiger charge is -2.46. The van der Waals surface area contributed by atoms with Crippen molar-refractivity contribution in [1.29, 1.82) is 0 Å². The first-order valence-electron chi connectivity index (χ1n) is 28.7. The summed E-state index contributed by atoms with van der Waals surface area (Å²) in [5.74, 6) is -0.267. The Hall–Kier alpha value is -3.61. The van der Waals surface area contributed by atoms with E-state index in [1.165, 1.54) is 44.9 Å². The summed E-state index contributed by atoms with van der Waals surface area (Å²) in [6.45, 7) is 2.38. The van der Waals surface area contributed by atoms with E-state index >= 15 is 0 Å². The lowest BCUT2D eigenvalue weighted by molar-refractivity contribution is -0.359. The Kier molecular flexibility index (Phi) is 41.7. The predicted molar refractivity (Wildman–Crippen MR) is 304 cm³/mol. The van der Waals surface area contributed by atoms with Crippen LogP contribution >= 0.6 is 0 Å². The molecular weight excluding hydrogens is 967 g/mol. The molecule has 2 fully saturated rings. The standard InChI is InChI=1S/C62H101NO13/c1-3-5-7-9-11-13-14-15-16-17-18-19-20-21-22-23-24-25-26-27-28-29-30-31-32-33-34-35-36-38-40-42-44-46-54(67)63-50(51(66)45-43-41-39-37-12-10-8-6-4-2)49-73-61-59(72)57(70)60(53(48-65)75-61)76-62-58(71)56(69)55(68)52(47-64)74-62/h4-7,11-13,15-16,18-19,21-22,24-25,27-28,37,43,45,50-53,55-62,64-66,68-72H,3,8-10,14,17,20,23,26,29-36,38-42,44,46-49H2,1-2H3,(H,63,67)/b6-4+,7-5-,13-11-,16-15-,19-18-,22-21-,25-24-,28-27-,37-12+,45-43+. The Labute approximate surface area is 457 Å². The van der Waals surface area contributed by atoms with E-state index in [0.717, 1.165) is 89.9 Å². The maximum atomic E-state index is 13.2. The fraction of sp³-hybridized carbons (Fsp3) is 0.661. The number of carbonyl (C=O) groups excluding carboxylic acids is 1. The molecule has 12 atom stereocenters. The number of aliphatic hydroxyl groups is 8. The van der Waals surface area contributed by atoms with Crippen molar-refractivity contribution in [2.24, 2.45) is 0 Å². The van der Waals surface area contributed by atoms with Crippen LogP contribution in [-0.4, -0.2) is 140 Å². The molecule has 12 unspecified atom stereocenters. The molecular formula is C62H101NO13. The quantitative estimate of drug-likeness (QED) is 0.0205. The maximum Gasteiger partial charge on any atom is 0.220 e. The van der Waals surface area contributed by atoms with Gasteiger partial charge in [0.2, 0.25) is 5.91 Å². The van der Waals surface area contributed by atoms with Crippen LogP contribution in [-0.2, 0) is 23.7 Å². The lowest BCUT2D eigenvalue weighted by Crippen LogP contribution is -2.65. The minimum Gasteiger partial charge on any atom is -0.394 e. The highest BCUT2D eigenvalue weighted by Gasteiger charge is 2.51. The monoisotopic (exact) mass is 1070 g/mol. The van der Waals surface area contributed by atoms with Gasteiger partial charge in [-0.1, -0.05) is 186 Å². The van der Waals surface area contributed by atoms with Crippen LogP contribution in [0.15, 0.2) is 122 Å². The molecule has 1 amide bonds. The van der Waals surface area contributed by atoms with Gasteiger partial charge in [0.1, 0.15) is 48.8 Å². The van der Waals surface area contributed by atoms with Gasteiger partial charge < -0.3 is 65.1 Å². The highest BCUT2D eigenvalue weighted by molar-refractivity contribution is 5.76. The Morgan fingerprint density at radius 3 is 1.45 bits per heavy atom. The first-order valence-corrected chi connectivity index (χ1v) is 28.7. The second kappa shape index (κ2) is 46.3. The van der Waals surface area contributed by atoms with Crippen molar-refractivity contribution >= 4 is 5.91 Å². The van der Waals surface area contributed by atoms with E-state index in [1.807, 2.05) is 19.1 Å². The first kappa shape index (κ1) is 68.5. The topological polar surface area (TPSA) is 228 Å². The van der Waals surface area contributed by atoms with E-state index in [-0.39, 0.29) is 18.9 Å². The highest BCUT2D eigenvalue weighted by atomic mass is 16.7. The largest absolute Gasteiger partial charge is 0.394 e. The van der Waals surface area contributed by atoms with Gasteiger partial charge in [-0.2, -0.15) is 0 Å². The van der Waals surface area contributed by atoms with Crippen LogP contribution in [0.1, 0.15) is 168 Å². The fourth-order valence-corrected chi connectivity index (χ4v) is 8.60. The van der Waals surface area contributed by atoms with Crippen LogP contribution < -0.4 is 5.32 Å². The van der Waals surface area contributed by atoms with Crippen LogP contribution in [0.3, 0.4) is 0 Å². The zero-order valence-electron chi connectivity index (χ0n) is 46.2. The summed E-state index contributed by atoms with van der Waals surface area (Å²) in [6.07, 6.45) is 50.0. The number of nitrogens with one attached hydrogen (secondary N) is 1. The molecule has 2 aliphatic rings. The number of ether oxygens (including phenoxy) is 4. The number of aliphatic hydroxyl groups excluding tert-OH is 8. The van der Waals surface area contributed by atoms with Crippen molar-refractivity contribution in [1.82, 2.24) is 5.32 Å². The smallest absolute Gasteiger partial charge is 0.220 e. The molecule has 0 spiro atoms. The van der Waals surface area contributed by atoms with Crippen molar-refractivity contribution in [3.63, 3.8) is 0 Å². The van der Waals surface area contributed by atoms with Gasteiger partial charge in [-0.3, -0.25) is 4.79 Å². The number of carbonyl (C=O) groups is 1. The third-order valence-electron chi connectivity index (χ3n) is 13.2. The summed E-state index contributed by atoms with van der Waals surface area (Å²) in [7, 11) is 0. The minimum absolute atomic E-state index is 0.257. The minimum atomic E-state index is -1.80. The molecule has 9 N–H and O–H groups in total. The molecule has 2 saturated heterocycles. The van der Waals surface area contributed by atoms with Gasteiger partial charge in [0, 0.05) is 6.42 Å². The molecule has 2 rings (SSSR count). The van der Waals surface area contributed by atoms with Gasteiger partial charge in [-0.05, 0) is 96.8 Å². The van der Waals surface area contributed by atoms with Crippen LogP contribution in [0.2, 0.25) is 0 Å². The SMILES string of the molecule is C/C=C/CC/C=C/CC/C=C/C(O)C(COC1OC(CO)C(OC2OC(CO)C(O)C(O)C2O)C(O)C1O)NC(=O)CCCCCCCCCCCCC/C=C\C/C=C\C/C=C\C/C=C\C/C=C\C/C=C\C/C=C\CC. The predicted octanol–water partition coefficient (Wildman–Crippen LogP) is 9.44. The van der Waals surface area contributed by atoms with E-state index in [0.29, 0.717) is 12.8 Å². The Balaban J connectivity index is 1.65. The number of rotatable bonds is 43. The maximum absolute atomic E-state index is 13.2. The molecule has 0 aromatic rings. The Morgan fingerprint density at radius 1 is 0.500 bits per heavy atom. The van der Waals surface area contributed by atoms with Gasteiger partial charge in [-0.15, -0.1) is 0 Å². The highest BCUT2D eigenvalue weighted by Crippen LogP contribution is 2.30. The molecule has 0 aromatic carbocycles. The number of allylic oxidation sites excluding steroid dienone is 19. The number of amides is 1. The van der Waals surface area contributed by atoms with Crippen molar-refractivity contribution in [3.05, 3.63) is 122 Å². The van der Waals surface area contributed by atoms with Crippen molar-refractivity contribution in [3.8, 4) is 0 Å². The summed E-state index contributed by atoms with van der Waals surface area (Å²) in [5, 5.41) is 86.7. The van der Waals surface area contributed by atoms with Crippen LogP contribution in [0.5, 0.6) is 0 Å². The molecule has 14 heteroatoms. The number of unbranched alkanes of at least 4 members (excludes halogenated alkanes) is 13. The number of hydrogen-bond donors (Lipinski definition) is 9. The zero-order valence-corrected chi connectivity index (χ0v) is 46.2. The Morgan fingerprint density at radius 2 is 0.934 bits per heavy atom. The summed E-state index contributed by atoms with van der Waals surface area (Å²) in [4.78, 5) is 13.2. The van der Waals surface area contributed by atoms with Crippen LogP contribution in [0, 0.1) is 0 Å². The average molecular weight is 1070 g/mol. The average Bonchev–Trinajstić information content (AvgIpc) is 3.42. The van der Waals surface area contributed by atoms with Crippen molar-refractivity contribution in [2.45, 2.75) is 242 Å². The fourth-order valence-electron chi connectivity index (χ4n) is 8.60. The lowest BCUT2D eigenvalue weighted by atomic mass is 9.97. The second-order valence-corrected chi connectivity index (χ2v) is 19.7. The van der Waals surface area contributed by atoms with E-state index in [2.05, 4.69) is 116 Å². The van der Waals surface area contributed by atoms with Gasteiger partial charge in [-0.25, -0.2) is 0 Å². The summed E-state index contributed by atoms with van der Waals surface area (Å²) < 4.78 is 22.6. The summed E-state index contributed by atoms with van der Waals surface area (Å²) in [5.41, 5.74) is 0. The van der Waals surface area contributed by atoms with E-state index in [4.69, 9.17) is 18.9 Å². The van der Waals surface area contributed by atoms with E-state index < -0.39 is 86.8 Å². The van der Waals surface area contributed by atoms with Crippen molar-refractivity contribution in [2.75, 3.05) is 19.8 Å². The number of hydrogen-bond acceptors (Lipinski definition) is 13. The molecule has 2 heterocycles. The van der Waals surface area contributed by atoms with Gasteiger partial charge in [0.15, 0.2) is 12.6 Å². The summed E-state index contributed by atoms with van der Waals surface area (Å²) >= 11 is 0. The van der Waals surface area contributed by atoms with E-state index in [1.54, 1.807) is 6.08 Å². The zero-order chi connectivity index (χ0) is 55.3. The molecule has 0 bridgehead atoms. The van der Waals surface area contributed by atoms with Crippen LogP contribution in [0.25, 0.3) is 0 Å². The molecule has 2 aliphatic heterocycles. The third kappa shape index (κ3) is 31.7. The molecule has 14 nitrogen and oxygen atoms in total. The molecule has 432 valence electrons. The third-order valence-corrected chi connectivity index (χ3v) is 13.2. The molecule has 0 aromatic heterocycles. The molecule has 0 radical (unpaired) electrons. The van der Waals surface area contributed by atoms with Gasteiger partial charge in [0.05, 0.1) is 32.0 Å². The van der Waals surface area contributed by atoms with Gasteiger partial charge >= 0.3 is 0 Å². The van der Waals surface area contributed by atoms with E-state index in [9.17, 15) is 45.6 Å². The second-order valence-electron chi connectivity index (χ2n) is 19.7. The molecule has 76 heavy (non-hydrogen) atoms. The summed E-state index contributed by atoms with van der Waals surface area (Å²) in [6, 6.07) is -0.945.